The molecule has 0 bridgehead atoms. The summed E-state index contributed by atoms with van der Waals surface area (Å²) in [4.78, 5) is 12.1. The summed E-state index contributed by atoms with van der Waals surface area (Å²) < 4.78 is 11.7. The van der Waals surface area contributed by atoms with Gasteiger partial charge in [0.25, 0.3) is 0 Å². The molecule has 3 atom stereocenters. The highest BCUT2D eigenvalue weighted by Gasteiger charge is 2.57. The first-order chi connectivity index (χ1) is 9.66. The maximum absolute atomic E-state index is 12.1. The Hall–Kier alpha value is -1.51. The molecule has 20 heavy (non-hydrogen) atoms. The van der Waals surface area contributed by atoms with E-state index in [2.05, 4.69) is 13.0 Å². The fourth-order valence-electron chi connectivity index (χ4n) is 4.74. The van der Waals surface area contributed by atoms with E-state index in [1.54, 1.807) is 7.11 Å². The van der Waals surface area contributed by atoms with Gasteiger partial charge in [0.2, 0.25) is 0 Å². The van der Waals surface area contributed by atoms with Crippen LogP contribution in [0.3, 0.4) is 0 Å². The van der Waals surface area contributed by atoms with Crippen LogP contribution >= 0.6 is 0 Å². The highest BCUT2D eigenvalue weighted by molar-refractivity contribution is 5.82. The number of hydrogen-bond acceptors (Lipinski definition) is 3. The number of methoxy groups -OCH3 is 1. The van der Waals surface area contributed by atoms with Gasteiger partial charge in [-0.1, -0.05) is 6.07 Å². The summed E-state index contributed by atoms with van der Waals surface area (Å²) >= 11 is 0. The second-order valence-corrected chi connectivity index (χ2v) is 6.42. The average Bonchev–Trinajstić information content (AvgIpc) is 2.74. The molecule has 106 valence electrons. The van der Waals surface area contributed by atoms with Crippen molar-refractivity contribution in [3.8, 4) is 11.5 Å². The molecule has 0 aromatic heterocycles. The van der Waals surface area contributed by atoms with Crippen LogP contribution in [0.2, 0.25) is 0 Å². The first-order valence-corrected chi connectivity index (χ1v) is 7.55. The van der Waals surface area contributed by atoms with Crippen molar-refractivity contribution >= 4 is 5.78 Å². The van der Waals surface area contributed by atoms with E-state index in [0.29, 0.717) is 18.1 Å². The molecule has 3 nitrogen and oxygen atoms in total. The third-order valence-electron chi connectivity index (χ3n) is 5.67. The van der Waals surface area contributed by atoms with E-state index < -0.39 is 0 Å². The maximum atomic E-state index is 12.1. The molecule has 0 amide bonds. The average molecular weight is 272 g/mol. The molecule has 0 radical (unpaired) electrons. The summed E-state index contributed by atoms with van der Waals surface area (Å²) in [7, 11) is 1.68. The van der Waals surface area contributed by atoms with Gasteiger partial charge in [0.15, 0.2) is 11.5 Å². The molecule has 0 unspecified atom stereocenters. The van der Waals surface area contributed by atoms with Crippen molar-refractivity contribution in [1.82, 2.24) is 0 Å². The standard InChI is InChI=1S/C17H20O3/c1-10-17-9-13(18)7-6-12(17)5-3-11-4-8-14(19-2)16(20-10)15(11)17/h4,8,10,12H,3,5-7,9H2,1-2H3/t10-,12-,17+/m0/s1. The second kappa shape index (κ2) is 4.00. The largest absolute Gasteiger partial charge is 0.493 e. The lowest BCUT2D eigenvalue weighted by Crippen LogP contribution is -2.49. The van der Waals surface area contributed by atoms with Gasteiger partial charge in [-0.3, -0.25) is 4.79 Å². The molecule has 2 aliphatic carbocycles. The Balaban J connectivity index is 1.97. The van der Waals surface area contributed by atoms with Crippen LogP contribution in [0.15, 0.2) is 12.1 Å². The molecule has 4 rings (SSSR count). The Labute approximate surface area is 119 Å². The topological polar surface area (TPSA) is 35.5 Å². The third-order valence-corrected chi connectivity index (χ3v) is 5.67. The summed E-state index contributed by atoms with van der Waals surface area (Å²) in [5, 5.41) is 0. The normalized spacial score (nSPS) is 34.2. The fraction of sp³-hybridized carbons (Fsp3) is 0.588. The van der Waals surface area contributed by atoms with Crippen LogP contribution < -0.4 is 9.47 Å². The number of ketones is 1. The van der Waals surface area contributed by atoms with Crippen LogP contribution in [0.25, 0.3) is 0 Å². The van der Waals surface area contributed by atoms with Crippen molar-refractivity contribution in [3.05, 3.63) is 23.3 Å². The van der Waals surface area contributed by atoms with Gasteiger partial charge in [-0.2, -0.15) is 0 Å². The zero-order chi connectivity index (χ0) is 13.9. The van der Waals surface area contributed by atoms with Crippen molar-refractivity contribution in [3.63, 3.8) is 0 Å². The third kappa shape index (κ3) is 1.33. The van der Waals surface area contributed by atoms with E-state index in [1.165, 1.54) is 17.5 Å². The van der Waals surface area contributed by atoms with Crippen LogP contribution in [0, 0.1) is 5.92 Å². The maximum Gasteiger partial charge on any atom is 0.165 e. The number of benzene rings is 1. The summed E-state index contributed by atoms with van der Waals surface area (Å²) in [6.07, 6.45) is 4.76. The number of carbonyl (C=O) groups is 1. The lowest BCUT2D eigenvalue weighted by atomic mass is 9.55. The van der Waals surface area contributed by atoms with Gasteiger partial charge in [-0.15, -0.1) is 0 Å². The zero-order valence-electron chi connectivity index (χ0n) is 12.1. The van der Waals surface area contributed by atoms with E-state index in [-0.39, 0.29) is 11.5 Å². The van der Waals surface area contributed by atoms with Crippen LogP contribution in [0.5, 0.6) is 11.5 Å². The molecule has 1 saturated carbocycles. The molecule has 1 aromatic rings. The Morgan fingerprint density at radius 3 is 2.90 bits per heavy atom. The smallest absolute Gasteiger partial charge is 0.165 e. The van der Waals surface area contributed by atoms with Crippen molar-refractivity contribution in [2.75, 3.05) is 7.11 Å². The zero-order valence-corrected chi connectivity index (χ0v) is 12.1. The van der Waals surface area contributed by atoms with E-state index >= 15 is 0 Å². The van der Waals surface area contributed by atoms with Gasteiger partial charge in [-0.05, 0) is 43.7 Å². The van der Waals surface area contributed by atoms with E-state index in [1.807, 2.05) is 6.07 Å². The lowest BCUT2D eigenvalue weighted by molar-refractivity contribution is -0.125. The molecule has 1 fully saturated rings. The summed E-state index contributed by atoms with van der Waals surface area (Å²) in [6.45, 7) is 2.13. The summed E-state index contributed by atoms with van der Waals surface area (Å²) in [5.74, 6) is 2.68. The molecule has 1 aromatic carbocycles. The van der Waals surface area contributed by atoms with Gasteiger partial charge in [-0.25, -0.2) is 0 Å². The number of Topliss-reactive ketones (excluding diaryl/α,β-unsaturated/α-hetero) is 1. The number of aryl methyl sites for hydroxylation is 1. The minimum atomic E-state index is -0.0905. The Morgan fingerprint density at radius 2 is 2.10 bits per heavy atom. The first kappa shape index (κ1) is 12.2. The van der Waals surface area contributed by atoms with Gasteiger partial charge < -0.3 is 9.47 Å². The monoisotopic (exact) mass is 272 g/mol. The predicted octanol–water partition coefficient (Wildman–Crippen LogP) is 3.03. The Morgan fingerprint density at radius 1 is 1.30 bits per heavy atom. The summed E-state index contributed by atoms with van der Waals surface area (Å²) in [5.41, 5.74) is 2.55. The fourth-order valence-corrected chi connectivity index (χ4v) is 4.74. The van der Waals surface area contributed by atoms with Crippen molar-refractivity contribution < 1.29 is 14.3 Å². The first-order valence-electron chi connectivity index (χ1n) is 7.55. The van der Waals surface area contributed by atoms with Crippen molar-refractivity contribution in [2.24, 2.45) is 5.92 Å². The molecule has 1 aliphatic heterocycles. The molecule has 0 N–H and O–H groups in total. The number of ether oxygens (including phenoxy) is 2. The highest BCUT2D eigenvalue weighted by Crippen LogP contribution is 2.60. The van der Waals surface area contributed by atoms with Crippen molar-refractivity contribution in [1.29, 1.82) is 0 Å². The SMILES string of the molecule is COc1ccc2c3c1O[C@@H](C)[C@@]31CC(=O)CC[C@@H]1CC2. The minimum absolute atomic E-state index is 0.0714. The molecular formula is C17H20O3. The lowest BCUT2D eigenvalue weighted by Gasteiger charge is -2.46. The van der Waals surface area contributed by atoms with E-state index in [4.69, 9.17) is 9.47 Å². The van der Waals surface area contributed by atoms with Crippen LogP contribution in [0.4, 0.5) is 0 Å². The molecule has 3 aliphatic rings. The van der Waals surface area contributed by atoms with Gasteiger partial charge >= 0.3 is 0 Å². The minimum Gasteiger partial charge on any atom is -0.493 e. The quantitative estimate of drug-likeness (QED) is 0.788. The Kier molecular flexibility index (Phi) is 2.45. The molecule has 3 heteroatoms. The highest BCUT2D eigenvalue weighted by atomic mass is 16.5. The van der Waals surface area contributed by atoms with Crippen LogP contribution in [-0.4, -0.2) is 19.0 Å². The van der Waals surface area contributed by atoms with Crippen LogP contribution in [-0.2, 0) is 16.6 Å². The number of rotatable bonds is 1. The predicted molar refractivity (Wildman–Crippen MR) is 75.4 cm³/mol. The summed E-state index contributed by atoms with van der Waals surface area (Å²) in [6, 6.07) is 4.17. The molecule has 0 saturated heterocycles. The van der Waals surface area contributed by atoms with Crippen molar-refractivity contribution in [2.45, 2.75) is 50.5 Å². The molecule has 1 heterocycles. The van der Waals surface area contributed by atoms with Crippen LogP contribution in [0.1, 0.15) is 43.7 Å². The van der Waals surface area contributed by atoms with Gasteiger partial charge in [0.05, 0.1) is 7.11 Å². The Bertz CT molecular complexity index is 592. The van der Waals surface area contributed by atoms with E-state index in [9.17, 15) is 4.79 Å². The number of hydrogen-bond donors (Lipinski definition) is 0. The number of carbonyl (C=O) groups excluding carboxylic acids is 1. The molecule has 1 spiro atoms. The van der Waals surface area contributed by atoms with Gasteiger partial charge in [0.1, 0.15) is 11.9 Å². The van der Waals surface area contributed by atoms with E-state index in [0.717, 1.165) is 30.8 Å². The second-order valence-electron chi connectivity index (χ2n) is 6.42. The molecular weight excluding hydrogens is 252 g/mol. The van der Waals surface area contributed by atoms with Gasteiger partial charge in [0, 0.05) is 23.8 Å².